The highest BCUT2D eigenvalue weighted by Crippen LogP contribution is 2.37. The van der Waals surface area contributed by atoms with E-state index in [-0.39, 0.29) is 6.04 Å². The average Bonchev–Trinajstić information content (AvgIpc) is 2.47. The zero-order chi connectivity index (χ0) is 14.4. The van der Waals surface area contributed by atoms with Crippen LogP contribution in [0.3, 0.4) is 0 Å². The SMILES string of the molecule is CC(N)c1c(N)ccnc1B1OC(C)(C)C(C)(C)O1. The number of nitrogens with two attached hydrogens (primary N) is 2. The van der Waals surface area contributed by atoms with Gasteiger partial charge in [0.1, 0.15) is 0 Å². The molecule has 1 aromatic rings. The summed E-state index contributed by atoms with van der Waals surface area (Å²) in [6.07, 6.45) is 1.65. The Balaban J connectivity index is 2.43. The third-order valence-corrected chi connectivity index (χ3v) is 3.99. The second kappa shape index (κ2) is 4.47. The second-order valence-electron chi connectivity index (χ2n) is 6.08. The minimum atomic E-state index is -0.533. The lowest BCUT2D eigenvalue weighted by Gasteiger charge is -2.32. The Hall–Kier alpha value is -1.11. The summed E-state index contributed by atoms with van der Waals surface area (Å²) in [7, 11) is -0.533. The van der Waals surface area contributed by atoms with Gasteiger partial charge in [0.25, 0.3) is 0 Å². The van der Waals surface area contributed by atoms with Crippen LogP contribution in [0.15, 0.2) is 12.3 Å². The number of pyridine rings is 1. The Bertz CT molecular complexity index is 473. The summed E-state index contributed by atoms with van der Waals surface area (Å²) in [5.74, 6) is 0. The Morgan fingerprint density at radius 1 is 1.21 bits per heavy atom. The van der Waals surface area contributed by atoms with Crippen LogP contribution in [0.1, 0.15) is 46.2 Å². The molecule has 5 nitrogen and oxygen atoms in total. The van der Waals surface area contributed by atoms with E-state index in [1.54, 1.807) is 12.3 Å². The van der Waals surface area contributed by atoms with Gasteiger partial charge in [0.2, 0.25) is 0 Å². The Morgan fingerprint density at radius 2 is 1.74 bits per heavy atom. The van der Waals surface area contributed by atoms with Crippen LogP contribution in [-0.4, -0.2) is 23.3 Å². The molecule has 2 heterocycles. The molecule has 0 saturated carbocycles. The summed E-state index contributed by atoms with van der Waals surface area (Å²) in [6.45, 7) is 9.90. The van der Waals surface area contributed by atoms with E-state index >= 15 is 0 Å². The fraction of sp³-hybridized carbons (Fsp3) is 0.615. The third kappa shape index (κ3) is 2.36. The molecule has 0 radical (unpaired) electrons. The molecular formula is C13H22BN3O2. The van der Waals surface area contributed by atoms with Crippen LogP contribution in [-0.2, 0) is 9.31 Å². The predicted molar refractivity (Wildman–Crippen MR) is 77.0 cm³/mol. The van der Waals surface area contributed by atoms with Crippen LogP contribution in [0.2, 0.25) is 0 Å². The van der Waals surface area contributed by atoms with Crippen LogP contribution in [0.5, 0.6) is 0 Å². The maximum absolute atomic E-state index is 6.00. The predicted octanol–water partition coefficient (Wildman–Crippen LogP) is 0.983. The highest BCUT2D eigenvalue weighted by Gasteiger charge is 2.53. The molecule has 1 aromatic heterocycles. The Labute approximate surface area is 114 Å². The minimum Gasteiger partial charge on any atom is -0.398 e. The van der Waals surface area contributed by atoms with E-state index in [9.17, 15) is 0 Å². The second-order valence-corrected chi connectivity index (χ2v) is 6.08. The lowest BCUT2D eigenvalue weighted by Crippen LogP contribution is -2.41. The molecule has 1 fully saturated rings. The third-order valence-electron chi connectivity index (χ3n) is 3.99. The molecule has 0 amide bonds. The van der Waals surface area contributed by atoms with Gasteiger partial charge >= 0.3 is 7.12 Å². The number of aromatic nitrogens is 1. The van der Waals surface area contributed by atoms with Gasteiger partial charge in [0.15, 0.2) is 0 Å². The van der Waals surface area contributed by atoms with Crippen molar-refractivity contribution < 1.29 is 9.31 Å². The molecule has 2 rings (SSSR count). The van der Waals surface area contributed by atoms with Gasteiger partial charge in [0.05, 0.1) is 16.8 Å². The van der Waals surface area contributed by atoms with Gasteiger partial charge < -0.3 is 20.8 Å². The maximum Gasteiger partial charge on any atom is 0.514 e. The normalized spacial score (nSPS) is 22.5. The van der Waals surface area contributed by atoms with E-state index < -0.39 is 18.3 Å². The molecule has 1 aliphatic heterocycles. The van der Waals surface area contributed by atoms with Crippen molar-refractivity contribution in [2.75, 3.05) is 5.73 Å². The summed E-state index contributed by atoms with van der Waals surface area (Å²) < 4.78 is 12.0. The quantitative estimate of drug-likeness (QED) is 0.777. The van der Waals surface area contributed by atoms with Gasteiger partial charge in [-0.3, -0.25) is 4.98 Å². The molecule has 0 bridgehead atoms. The van der Waals surface area contributed by atoms with E-state index in [1.807, 2.05) is 34.6 Å². The molecule has 1 aliphatic rings. The molecule has 1 unspecified atom stereocenters. The van der Waals surface area contributed by atoms with Crippen LogP contribution < -0.4 is 17.1 Å². The molecule has 1 atom stereocenters. The number of hydrogen-bond donors (Lipinski definition) is 2. The standard InChI is InChI=1S/C13H22BN3O2/c1-8(15)10-9(16)6-7-17-11(10)14-18-12(2,3)13(4,5)19-14/h6-8H,15H2,1-5H3,(H2,16,17). The fourth-order valence-electron chi connectivity index (χ4n) is 2.14. The van der Waals surface area contributed by atoms with E-state index in [0.717, 1.165) is 5.56 Å². The van der Waals surface area contributed by atoms with Gasteiger partial charge in [-0.2, -0.15) is 0 Å². The minimum absolute atomic E-state index is 0.220. The monoisotopic (exact) mass is 263 g/mol. The van der Waals surface area contributed by atoms with Crippen molar-refractivity contribution >= 4 is 18.4 Å². The molecule has 4 N–H and O–H groups in total. The summed E-state index contributed by atoms with van der Waals surface area (Å²) in [5.41, 5.74) is 13.3. The first kappa shape index (κ1) is 14.3. The number of hydrogen-bond acceptors (Lipinski definition) is 5. The molecule has 1 saturated heterocycles. The summed E-state index contributed by atoms with van der Waals surface area (Å²) >= 11 is 0. The molecule has 104 valence electrons. The summed E-state index contributed by atoms with van der Waals surface area (Å²) in [5, 5.41) is 0. The molecule has 0 aliphatic carbocycles. The molecule has 6 heteroatoms. The van der Waals surface area contributed by atoms with E-state index in [0.29, 0.717) is 11.3 Å². The number of anilines is 1. The van der Waals surface area contributed by atoms with Crippen molar-refractivity contribution in [3.05, 3.63) is 17.8 Å². The lowest BCUT2D eigenvalue weighted by molar-refractivity contribution is 0.00578. The van der Waals surface area contributed by atoms with Gasteiger partial charge in [-0.15, -0.1) is 0 Å². The largest absolute Gasteiger partial charge is 0.514 e. The van der Waals surface area contributed by atoms with Crippen LogP contribution >= 0.6 is 0 Å². The summed E-state index contributed by atoms with van der Waals surface area (Å²) in [6, 6.07) is 1.52. The fourth-order valence-corrected chi connectivity index (χ4v) is 2.14. The first-order valence-corrected chi connectivity index (χ1v) is 6.51. The molecule has 19 heavy (non-hydrogen) atoms. The summed E-state index contributed by atoms with van der Waals surface area (Å²) in [4.78, 5) is 4.36. The number of rotatable bonds is 2. The van der Waals surface area contributed by atoms with Gasteiger partial charge in [-0.1, -0.05) is 0 Å². The zero-order valence-electron chi connectivity index (χ0n) is 12.2. The Kier molecular flexibility index (Phi) is 3.37. The van der Waals surface area contributed by atoms with Crippen molar-refractivity contribution in [3.63, 3.8) is 0 Å². The molecule has 0 aromatic carbocycles. The number of nitrogens with zero attached hydrogens (tertiary/aromatic N) is 1. The average molecular weight is 263 g/mol. The van der Waals surface area contributed by atoms with Gasteiger partial charge in [-0.05, 0) is 40.7 Å². The lowest BCUT2D eigenvalue weighted by atomic mass is 9.79. The Morgan fingerprint density at radius 3 is 2.21 bits per heavy atom. The van der Waals surface area contributed by atoms with Crippen molar-refractivity contribution in [1.29, 1.82) is 0 Å². The van der Waals surface area contributed by atoms with E-state index in [4.69, 9.17) is 20.8 Å². The maximum atomic E-state index is 6.00. The van der Waals surface area contributed by atoms with Crippen LogP contribution in [0, 0.1) is 0 Å². The van der Waals surface area contributed by atoms with E-state index in [2.05, 4.69) is 4.98 Å². The van der Waals surface area contributed by atoms with Crippen LogP contribution in [0.25, 0.3) is 0 Å². The highest BCUT2D eigenvalue weighted by atomic mass is 16.7. The van der Waals surface area contributed by atoms with Gasteiger partial charge in [-0.25, -0.2) is 0 Å². The molecule has 0 spiro atoms. The first-order valence-electron chi connectivity index (χ1n) is 6.51. The topological polar surface area (TPSA) is 83.4 Å². The molecular weight excluding hydrogens is 241 g/mol. The van der Waals surface area contributed by atoms with Crippen molar-refractivity contribution in [2.24, 2.45) is 5.73 Å². The first-order chi connectivity index (χ1) is 8.66. The van der Waals surface area contributed by atoms with Crippen molar-refractivity contribution in [2.45, 2.75) is 51.9 Å². The highest BCUT2D eigenvalue weighted by molar-refractivity contribution is 6.61. The van der Waals surface area contributed by atoms with E-state index in [1.165, 1.54) is 0 Å². The number of nitrogen functional groups attached to an aromatic ring is 1. The van der Waals surface area contributed by atoms with Crippen molar-refractivity contribution in [3.8, 4) is 0 Å². The smallest absolute Gasteiger partial charge is 0.398 e. The van der Waals surface area contributed by atoms with Crippen molar-refractivity contribution in [1.82, 2.24) is 4.98 Å². The van der Waals surface area contributed by atoms with Crippen LogP contribution in [0.4, 0.5) is 5.69 Å². The zero-order valence-corrected chi connectivity index (χ0v) is 12.2. The van der Waals surface area contributed by atoms with Gasteiger partial charge in [0, 0.05) is 23.5 Å².